The van der Waals surface area contributed by atoms with Crippen molar-refractivity contribution in [2.24, 2.45) is 0 Å². The van der Waals surface area contributed by atoms with E-state index in [1.165, 1.54) is 43.8 Å². The first-order chi connectivity index (χ1) is 9.61. The summed E-state index contributed by atoms with van der Waals surface area (Å²) in [7, 11) is 1.22. The lowest BCUT2D eigenvalue weighted by Gasteiger charge is -2.08. The molecule has 0 saturated heterocycles. The summed E-state index contributed by atoms with van der Waals surface area (Å²) in [6.45, 7) is 0. The van der Waals surface area contributed by atoms with Gasteiger partial charge in [-0.1, -0.05) is 0 Å². The van der Waals surface area contributed by atoms with Crippen LogP contribution in [-0.2, 0) is 4.74 Å². The fourth-order valence-corrected chi connectivity index (χ4v) is 1.56. The van der Waals surface area contributed by atoms with Crippen LogP contribution in [0.1, 0.15) is 20.7 Å². The van der Waals surface area contributed by atoms with Crippen LogP contribution in [0.3, 0.4) is 0 Å². The molecule has 20 heavy (non-hydrogen) atoms. The molecule has 0 aliphatic rings. The summed E-state index contributed by atoms with van der Waals surface area (Å²) >= 11 is 0. The molecule has 6 heteroatoms. The van der Waals surface area contributed by atoms with Gasteiger partial charge in [-0.15, -0.1) is 0 Å². The summed E-state index contributed by atoms with van der Waals surface area (Å²) in [5, 5.41) is 2.40. The van der Waals surface area contributed by atoms with E-state index >= 15 is 0 Å². The third-order valence-corrected chi connectivity index (χ3v) is 2.58. The molecule has 1 amide bonds. The second-order valence-corrected chi connectivity index (χ2v) is 3.88. The number of esters is 1. The minimum Gasteiger partial charge on any atom is -0.465 e. The number of aromatic nitrogens is 1. The molecule has 2 rings (SSSR count). The first kappa shape index (κ1) is 13.7. The Hall–Kier alpha value is -2.76. The number of halogens is 1. The van der Waals surface area contributed by atoms with E-state index in [1.807, 2.05) is 0 Å². The molecule has 102 valence electrons. The average molecular weight is 274 g/mol. The van der Waals surface area contributed by atoms with Gasteiger partial charge in [-0.25, -0.2) is 9.18 Å². The van der Waals surface area contributed by atoms with Gasteiger partial charge in [0, 0.05) is 18.0 Å². The molecule has 1 heterocycles. The molecule has 0 fully saturated rings. The van der Waals surface area contributed by atoms with Crippen molar-refractivity contribution in [1.29, 1.82) is 0 Å². The molecule has 1 aromatic carbocycles. The van der Waals surface area contributed by atoms with Crippen molar-refractivity contribution in [3.63, 3.8) is 0 Å². The summed E-state index contributed by atoms with van der Waals surface area (Å²) in [6, 6.07) is 6.59. The number of benzene rings is 1. The maximum atomic E-state index is 13.6. The van der Waals surface area contributed by atoms with E-state index in [9.17, 15) is 14.0 Å². The quantitative estimate of drug-likeness (QED) is 0.872. The lowest BCUT2D eigenvalue weighted by Crippen LogP contribution is -2.14. The number of carbonyl (C=O) groups excluding carboxylic acids is 2. The third kappa shape index (κ3) is 2.97. The zero-order chi connectivity index (χ0) is 14.5. The van der Waals surface area contributed by atoms with Crippen molar-refractivity contribution in [2.45, 2.75) is 0 Å². The van der Waals surface area contributed by atoms with E-state index in [0.29, 0.717) is 5.56 Å². The highest BCUT2D eigenvalue weighted by Crippen LogP contribution is 2.17. The van der Waals surface area contributed by atoms with E-state index in [0.717, 1.165) is 6.07 Å². The zero-order valence-corrected chi connectivity index (χ0v) is 10.6. The second-order valence-electron chi connectivity index (χ2n) is 3.88. The van der Waals surface area contributed by atoms with Gasteiger partial charge in [0.05, 0.1) is 18.4 Å². The van der Waals surface area contributed by atoms with Gasteiger partial charge in [-0.3, -0.25) is 9.78 Å². The lowest BCUT2D eigenvalue weighted by atomic mass is 10.2. The summed E-state index contributed by atoms with van der Waals surface area (Å²) in [6.07, 6.45) is 2.91. The van der Waals surface area contributed by atoms with Crippen LogP contribution in [0.25, 0.3) is 0 Å². The molecule has 5 nitrogen and oxygen atoms in total. The van der Waals surface area contributed by atoms with E-state index in [2.05, 4.69) is 15.0 Å². The Morgan fingerprint density at radius 1 is 1.15 bits per heavy atom. The van der Waals surface area contributed by atoms with E-state index in [4.69, 9.17) is 0 Å². The summed E-state index contributed by atoms with van der Waals surface area (Å²) in [5.41, 5.74) is 0.400. The van der Waals surface area contributed by atoms with Gasteiger partial charge in [0.15, 0.2) is 0 Å². The number of pyridine rings is 1. The Bertz CT molecular complexity index is 644. The molecule has 0 saturated carbocycles. The van der Waals surface area contributed by atoms with Crippen LogP contribution in [-0.4, -0.2) is 24.0 Å². The van der Waals surface area contributed by atoms with Crippen molar-refractivity contribution in [1.82, 2.24) is 4.98 Å². The molecule has 0 atom stereocenters. The number of nitrogens with one attached hydrogen (secondary N) is 1. The number of hydrogen-bond acceptors (Lipinski definition) is 4. The number of carbonyl (C=O) groups is 2. The molecular weight excluding hydrogens is 263 g/mol. The van der Waals surface area contributed by atoms with Crippen LogP contribution in [0.2, 0.25) is 0 Å². The summed E-state index contributed by atoms with van der Waals surface area (Å²) < 4.78 is 18.2. The van der Waals surface area contributed by atoms with Gasteiger partial charge in [-0.05, 0) is 30.3 Å². The molecule has 1 N–H and O–H groups in total. The first-order valence-electron chi connectivity index (χ1n) is 5.71. The number of anilines is 1. The van der Waals surface area contributed by atoms with E-state index in [1.54, 1.807) is 0 Å². The van der Waals surface area contributed by atoms with Crippen molar-refractivity contribution < 1.29 is 18.7 Å². The van der Waals surface area contributed by atoms with Gasteiger partial charge in [0.1, 0.15) is 5.82 Å². The van der Waals surface area contributed by atoms with E-state index < -0.39 is 17.7 Å². The fourth-order valence-electron chi connectivity index (χ4n) is 1.56. The topological polar surface area (TPSA) is 68.3 Å². The standard InChI is InChI=1S/C14H11FN2O3/c1-20-14(19)10-2-3-11(15)12(8-10)17-13(18)9-4-6-16-7-5-9/h2-8H,1H3,(H,17,18). The maximum Gasteiger partial charge on any atom is 0.337 e. The zero-order valence-electron chi connectivity index (χ0n) is 10.6. The molecule has 0 aliphatic carbocycles. The van der Waals surface area contributed by atoms with Gasteiger partial charge in [0.2, 0.25) is 0 Å². The molecule has 0 aliphatic heterocycles. The Kier molecular flexibility index (Phi) is 4.05. The first-order valence-corrected chi connectivity index (χ1v) is 5.71. The molecule has 1 aromatic heterocycles. The molecule has 0 radical (unpaired) electrons. The number of hydrogen-bond donors (Lipinski definition) is 1. The minimum atomic E-state index is -0.639. The van der Waals surface area contributed by atoms with Gasteiger partial charge >= 0.3 is 5.97 Å². The van der Waals surface area contributed by atoms with Crippen molar-refractivity contribution in [3.8, 4) is 0 Å². The van der Waals surface area contributed by atoms with Gasteiger partial charge in [0.25, 0.3) is 5.91 Å². The number of methoxy groups -OCH3 is 1. The number of ether oxygens (including phenoxy) is 1. The predicted molar refractivity (Wildman–Crippen MR) is 69.9 cm³/mol. The molecule has 0 spiro atoms. The van der Waals surface area contributed by atoms with Crippen molar-refractivity contribution in [2.75, 3.05) is 12.4 Å². The Balaban J connectivity index is 2.25. The summed E-state index contributed by atoms with van der Waals surface area (Å²) in [5.74, 6) is -1.74. The van der Waals surface area contributed by atoms with Crippen LogP contribution in [0.15, 0.2) is 42.7 Å². The Labute approximate surface area is 114 Å². The SMILES string of the molecule is COC(=O)c1ccc(F)c(NC(=O)c2ccncc2)c1. The normalized spacial score (nSPS) is 9.90. The van der Waals surface area contributed by atoms with Gasteiger partial charge in [-0.2, -0.15) is 0 Å². The highest BCUT2D eigenvalue weighted by Gasteiger charge is 2.13. The molecule has 0 bridgehead atoms. The Morgan fingerprint density at radius 2 is 1.85 bits per heavy atom. The van der Waals surface area contributed by atoms with Crippen LogP contribution >= 0.6 is 0 Å². The van der Waals surface area contributed by atoms with Crippen LogP contribution in [0.5, 0.6) is 0 Å². The number of rotatable bonds is 3. The number of amides is 1. The third-order valence-electron chi connectivity index (χ3n) is 2.58. The summed E-state index contributed by atoms with van der Waals surface area (Å²) in [4.78, 5) is 27.0. The Morgan fingerprint density at radius 3 is 2.50 bits per heavy atom. The van der Waals surface area contributed by atoms with Crippen molar-refractivity contribution in [3.05, 3.63) is 59.7 Å². The molecular formula is C14H11FN2O3. The second kappa shape index (κ2) is 5.92. The number of nitrogens with zero attached hydrogens (tertiary/aromatic N) is 1. The van der Waals surface area contributed by atoms with Gasteiger partial charge < -0.3 is 10.1 Å². The van der Waals surface area contributed by atoms with Crippen LogP contribution < -0.4 is 5.32 Å². The predicted octanol–water partition coefficient (Wildman–Crippen LogP) is 2.26. The molecule has 0 unspecified atom stereocenters. The maximum absolute atomic E-state index is 13.6. The monoisotopic (exact) mass is 274 g/mol. The average Bonchev–Trinajstić information content (AvgIpc) is 2.49. The van der Waals surface area contributed by atoms with Crippen LogP contribution in [0, 0.1) is 5.82 Å². The van der Waals surface area contributed by atoms with E-state index in [-0.39, 0.29) is 11.3 Å². The highest BCUT2D eigenvalue weighted by atomic mass is 19.1. The highest BCUT2D eigenvalue weighted by molar-refractivity contribution is 6.04. The fraction of sp³-hybridized carbons (Fsp3) is 0.0714. The van der Waals surface area contributed by atoms with Crippen LogP contribution in [0.4, 0.5) is 10.1 Å². The largest absolute Gasteiger partial charge is 0.465 e. The molecule has 2 aromatic rings. The smallest absolute Gasteiger partial charge is 0.337 e. The van der Waals surface area contributed by atoms with Crippen molar-refractivity contribution >= 4 is 17.6 Å². The minimum absolute atomic E-state index is 0.0882. The lowest BCUT2D eigenvalue weighted by molar-refractivity contribution is 0.0600.